The van der Waals surface area contributed by atoms with Crippen LogP contribution in [0.4, 0.5) is 0 Å². The standard InChI is InChI=1S/2C15H29NO3.2C14H27NO3/c2*1-14(2,3)9-8-13(18)19-10-12(17)16(7)11-15(4,5)6;2*1-13(2,3)8-7-12(17)18-9-11(16)15-10-14(4,5)6/h2*8-11H2,1-7H3;2*7-10H2,1-6H3,(H,15,16). The lowest BCUT2D eigenvalue weighted by Gasteiger charge is -2.26. The maximum atomic E-state index is 11.8. The van der Waals surface area contributed by atoms with Gasteiger partial charge < -0.3 is 39.4 Å². The Morgan fingerprint density at radius 1 is 0.311 bits per heavy atom. The van der Waals surface area contributed by atoms with Crippen LogP contribution in [0.3, 0.4) is 0 Å². The molecule has 0 bridgehead atoms. The molecular formula is C58H112N4O12. The van der Waals surface area contributed by atoms with Crippen LogP contribution >= 0.6 is 0 Å². The van der Waals surface area contributed by atoms with E-state index in [0.717, 1.165) is 25.7 Å². The molecule has 0 atom stereocenters. The van der Waals surface area contributed by atoms with Crippen LogP contribution in [-0.2, 0) is 57.3 Å². The number of carbonyl (C=O) groups is 8. The molecule has 0 aliphatic heterocycles. The number of rotatable bonds is 20. The summed E-state index contributed by atoms with van der Waals surface area (Å²) in [6, 6.07) is 0. The molecule has 436 valence electrons. The lowest BCUT2D eigenvalue weighted by Crippen LogP contribution is -2.37. The maximum absolute atomic E-state index is 11.8. The molecule has 0 aromatic heterocycles. The molecule has 0 heterocycles. The van der Waals surface area contributed by atoms with E-state index in [1.54, 1.807) is 23.9 Å². The zero-order valence-electron chi connectivity index (χ0n) is 52.1. The summed E-state index contributed by atoms with van der Waals surface area (Å²) in [6.45, 7) is 51.1. The van der Waals surface area contributed by atoms with Crippen molar-refractivity contribution in [2.75, 3.05) is 66.7 Å². The predicted molar refractivity (Wildman–Crippen MR) is 298 cm³/mol. The smallest absolute Gasteiger partial charge is 0.306 e. The minimum Gasteiger partial charge on any atom is -0.456 e. The minimum atomic E-state index is -0.309. The number of ether oxygens (including phenoxy) is 4. The van der Waals surface area contributed by atoms with Crippen LogP contribution in [0.2, 0.25) is 0 Å². The fourth-order valence-corrected chi connectivity index (χ4v) is 5.42. The number of nitrogens with one attached hydrogen (secondary N) is 2. The monoisotopic (exact) mass is 1060 g/mol. The van der Waals surface area contributed by atoms with Crippen molar-refractivity contribution in [2.24, 2.45) is 43.3 Å². The third-order valence-electron chi connectivity index (χ3n) is 9.66. The van der Waals surface area contributed by atoms with Crippen molar-refractivity contribution >= 4 is 47.5 Å². The highest BCUT2D eigenvalue weighted by molar-refractivity contribution is 5.82. The van der Waals surface area contributed by atoms with Gasteiger partial charge in [-0.1, -0.05) is 166 Å². The van der Waals surface area contributed by atoms with Crippen molar-refractivity contribution < 1.29 is 57.3 Å². The number of nitrogens with zero attached hydrogens (tertiary/aromatic N) is 2. The van der Waals surface area contributed by atoms with Gasteiger partial charge in [0.15, 0.2) is 26.4 Å². The molecule has 0 rings (SSSR count). The first-order valence-corrected chi connectivity index (χ1v) is 26.4. The molecule has 0 unspecified atom stereocenters. The molecule has 4 amide bonds. The van der Waals surface area contributed by atoms with Crippen LogP contribution < -0.4 is 10.6 Å². The first kappa shape index (κ1) is 76.3. The Bertz CT molecular complexity index is 1500. The number of esters is 4. The van der Waals surface area contributed by atoms with E-state index < -0.39 is 0 Å². The summed E-state index contributed by atoms with van der Waals surface area (Å²) in [5.74, 6) is -2.01. The van der Waals surface area contributed by atoms with E-state index in [1.165, 1.54) is 0 Å². The van der Waals surface area contributed by atoms with E-state index in [4.69, 9.17) is 18.9 Å². The maximum Gasteiger partial charge on any atom is 0.306 e. The van der Waals surface area contributed by atoms with E-state index in [9.17, 15) is 38.4 Å². The Balaban J connectivity index is -0.000000442. The molecule has 16 nitrogen and oxygen atoms in total. The lowest BCUT2D eigenvalue weighted by atomic mass is 9.91. The number of carbonyl (C=O) groups excluding carboxylic acids is 8. The van der Waals surface area contributed by atoms with E-state index in [-0.39, 0.29) is 117 Å². The van der Waals surface area contributed by atoms with Gasteiger partial charge in [-0.2, -0.15) is 0 Å². The van der Waals surface area contributed by atoms with Crippen LogP contribution in [0.5, 0.6) is 0 Å². The Morgan fingerprint density at radius 2 is 0.514 bits per heavy atom. The molecule has 0 spiro atoms. The molecule has 2 N–H and O–H groups in total. The Morgan fingerprint density at radius 3 is 0.689 bits per heavy atom. The molecule has 0 aliphatic rings. The highest BCUT2D eigenvalue weighted by Gasteiger charge is 2.23. The summed E-state index contributed by atoms with van der Waals surface area (Å²) >= 11 is 0. The molecule has 0 fully saturated rings. The normalized spacial score (nSPS) is 12.1. The lowest BCUT2D eigenvalue weighted by molar-refractivity contribution is -0.152. The van der Waals surface area contributed by atoms with Crippen LogP contribution in [0.15, 0.2) is 0 Å². The second-order valence-electron chi connectivity index (χ2n) is 29.2. The highest BCUT2D eigenvalue weighted by Crippen LogP contribution is 2.24. The SMILES string of the molecule is CC(C)(C)CCC(=O)OCC(=O)NCC(C)(C)C.CC(C)(C)CCC(=O)OCC(=O)NCC(C)(C)C.CN(CC(C)(C)C)C(=O)COC(=O)CCC(C)(C)C.CN(CC(C)(C)C)C(=O)COC(=O)CCC(C)(C)C. The summed E-state index contributed by atoms with van der Waals surface area (Å²) in [6.07, 6.45) is 4.48. The van der Waals surface area contributed by atoms with Crippen molar-refractivity contribution in [3.63, 3.8) is 0 Å². The first-order chi connectivity index (χ1) is 32.8. The highest BCUT2D eigenvalue weighted by atomic mass is 16.5. The quantitative estimate of drug-likeness (QED) is 0.0864. The van der Waals surface area contributed by atoms with Gasteiger partial charge in [-0.05, 0) is 69.0 Å². The second kappa shape index (κ2) is 34.4. The average Bonchev–Trinajstić information content (AvgIpc) is 3.19. The van der Waals surface area contributed by atoms with Gasteiger partial charge in [-0.3, -0.25) is 38.4 Å². The van der Waals surface area contributed by atoms with Gasteiger partial charge in [0.05, 0.1) is 0 Å². The molecule has 0 radical (unpaired) electrons. The molecule has 0 aliphatic carbocycles. The summed E-state index contributed by atoms with van der Waals surface area (Å²) in [4.78, 5) is 95.4. The van der Waals surface area contributed by atoms with Crippen molar-refractivity contribution in [3.05, 3.63) is 0 Å². The number of hydrogen-bond acceptors (Lipinski definition) is 12. The van der Waals surface area contributed by atoms with Gasteiger partial charge in [0.25, 0.3) is 23.6 Å². The van der Waals surface area contributed by atoms with Gasteiger partial charge >= 0.3 is 23.9 Å². The molecule has 0 aromatic carbocycles. The molecule has 0 aromatic rings. The van der Waals surface area contributed by atoms with Gasteiger partial charge in [0.2, 0.25) is 0 Å². The molecular weight excluding hydrogens is 945 g/mol. The summed E-state index contributed by atoms with van der Waals surface area (Å²) in [5, 5.41) is 5.47. The van der Waals surface area contributed by atoms with Gasteiger partial charge in [0.1, 0.15) is 0 Å². The number of likely N-dealkylation sites (N-methyl/N-ethyl adjacent to an activating group) is 2. The third-order valence-corrected chi connectivity index (χ3v) is 9.66. The minimum absolute atomic E-state index is 0.0336. The summed E-state index contributed by atoms with van der Waals surface area (Å²) in [7, 11) is 3.47. The Hall–Kier alpha value is -4.24. The van der Waals surface area contributed by atoms with E-state index in [1.807, 2.05) is 41.5 Å². The Labute approximate surface area is 451 Å². The Kier molecular flexibility index (Phi) is 35.5. The summed E-state index contributed by atoms with van der Waals surface area (Å²) in [5.41, 5.74) is 0.568. The first-order valence-electron chi connectivity index (χ1n) is 26.4. The van der Waals surface area contributed by atoms with Crippen molar-refractivity contribution in [1.29, 1.82) is 0 Å². The van der Waals surface area contributed by atoms with Crippen molar-refractivity contribution in [1.82, 2.24) is 20.4 Å². The van der Waals surface area contributed by atoms with E-state index >= 15 is 0 Å². The third kappa shape index (κ3) is 62.1. The molecule has 74 heavy (non-hydrogen) atoms. The topological polar surface area (TPSA) is 204 Å². The molecule has 0 saturated heterocycles. The van der Waals surface area contributed by atoms with Gasteiger partial charge in [-0.15, -0.1) is 0 Å². The van der Waals surface area contributed by atoms with Gasteiger partial charge in [-0.25, -0.2) is 0 Å². The summed E-state index contributed by atoms with van der Waals surface area (Å²) < 4.78 is 19.8. The van der Waals surface area contributed by atoms with Gasteiger partial charge in [0, 0.05) is 66.0 Å². The van der Waals surface area contributed by atoms with Crippen LogP contribution in [0, 0.1) is 43.3 Å². The van der Waals surface area contributed by atoms with Crippen LogP contribution in [0.1, 0.15) is 218 Å². The fourth-order valence-electron chi connectivity index (χ4n) is 5.42. The van der Waals surface area contributed by atoms with E-state index in [0.29, 0.717) is 51.9 Å². The zero-order chi connectivity index (χ0) is 59.3. The van der Waals surface area contributed by atoms with Crippen LogP contribution in [0.25, 0.3) is 0 Å². The predicted octanol–water partition coefficient (Wildman–Crippen LogP) is 10.8. The molecule has 16 heteroatoms. The number of amides is 4. The van der Waals surface area contributed by atoms with E-state index in [2.05, 4.69) is 135 Å². The number of hydrogen-bond donors (Lipinski definition) is 2. The second-order valence-corrected chi connectivity index (χ2v) is 29.2. The van der Waals surface area contributed by atoms with Crippen molar-refractivity contribution in [2.45, 2.75) is 218 Å². The zero-order valence-corrected chi connectivity index (χ0v) is 52.1. The fraction of sp³-hybridized carbons (Fsp3) is 0.862. The molecule has 0 saturated carbocycles. The van der Waals surface area contributed by atoms with Crippen molar-refractivity contribution in [3.8, 4) is 0 Å². The largest absolute Gasteiger partial charge is 0.456 e. The average molecular weight is 1060 g/mol. The van der Waals surface area contributed by atoms with Crippen LogP contribution in [-0.4, -0.2) is 124 Å².